The number of halogens is 1. The van der Waals surface area contributed by atoms with Gasteiger partial charge in [-0.05, 0) is 36.2 Å². The van der Waals surface area contributed by atoms with E-state index in [-0.39, 0.29) is 5.56 Å². The summed E-state index contributed by atoms with van der Waals surface area (Å²) in [7, 11) is 0. The lowest BCUT2D eigenvalue weighted by atomic mass is 10.2. The molecule has 0 bridgehead atoms. The van der Waals surface area contributed by atoms with Crippen molar-refractivity contribution in [2.75, 3.05) is 0 Å². The van der Waals surface area contributed by atoms with Crippen molar-refractivity contribution in [3.63, 3.8) is 0 Å². The van der Waals surface area contributed by atoms with Crippen molar-refractivity contribution in [1.82, 2.24) is 9.66 Å². The summed E-state index contributed by atoms with van der Waals surface area (Å²) in [6.07, 6.45) is 3.29. The smallest absolute Gasteiger partial charge is 0.267 e. The fourth-order valence-electron chi connectivity index (χ4n) is 2.35. The molecule has 23 heavy (non-hydrogen) atoms. The molecule has 0 spiro atoms. The second-order valence-corrected chi connectivity index (χ2v) is 6.12. The normalized spacial score (nSPS) is 11.4. The molecule has 0 aliphatic carbocycles. The number of nitrogens with zero attached hydrogens (tertiary/aromatic N) is 3. The van der Waals surface area contributed by atoms with Crippen molar-refractivity contribution in [3.05, 3.63) is 74.7 Å². The van der Waals surface area contributed by atoms with E-state index < -0.39 is 0 Å². The van der Waals surface area contributed by atoms with E-state index in [2.05, 4.69) is 32.9 Å². The maximum absolute atomic E-state index is 12.7. The third-order valence-corrected chi connectivity index (χ3v) is 4.02. The zero-order valence-corrected chi connectivity index (χ0v) is 14.3. The fraction of sp³-hybridized carbons (Fsp3) is 0.167. The quantitative estimate of drug-likeness (QED) is 0.652. The Morgan fingerprint density at radius 3 is 2.65 bits per heavy atom. The number of hydrogen-bond donors (Lipinski definition) is 0. The monoisotopic (exact) mass is 369 g/mol. The molecule has 1 heterocycles. The number of hydrogen-bond acceptors (Lipinski definition) is 3. The first-order chi connectivity index (χ1) is 11.2. The summed E-state index contributed by atoms with van der Waals surface area (Å²) in [5.74, 6) is 0.685. The van der Waals surface area contributed by atoms with Crippen molar-refractivity contribution in [1.29, 1.82) is 0 Å². The van der Waals surface area contributed by atoms with Gasteiger partial charge in [0, 0.05) is 10.9 Å². The summed E-state index contributed by atoms with van der Waals surface area (Å²) < 4.78 is 2.42. The summed E-state index contributed by atoms with van der Waals surface area (Å²) in [5, 5.41) is 4.96. The summed E-state index contributed by atoms with van der Waals surface area (Å²) >= 11 is 3.40. The van der Waals surface area contributed by atoms with Crippen molar-refractivity contribution in [2.24, 2.45) is 5.10 Å². The van der Waals surface area contributed by atoms with E-state index in [1.54, 1.807) is 12.3 Å². The van der Waals surface area contributed by atoms with Crippen LogP contribution < -0.4 is 5.56 Å². The molecule has 0 radical (unpaired) electrons. The van der Waals surface area contributed by atoms with Gasteiger partial charge in [0.25, 0.3) is 5.56 Å². The first-order valence-corrected chi connectivity index (χ1v) is 8.29. The van der Waals surface area contributed by atoms with Gasteiger partial charge in [0.05, 0.1) is 17.1 Å². The molecule has 4 nitrogen and oxygen atoms in total. The molecule has 3 aromatic rings. The number of aryl methyl sites for hydroxylation is 1. The third kappa shape index (κ3) is 3.40. The number of para-hydroxylation sites is 1. The Bertz CT molecular complexity index is 914. The van der Waals surface area contributed by atoms with Crippen molar-refractivity contribution in [3.8, 4) is 0 Å². The summed E-state index contributed by atoms with van der Waals surface area (Å²) in [6.45, 7) is 2.06. The maximum atomic E-state index is 12.7. The molecule has 3 rings (SSSR count). The molecule has 0 saturated heterocycles. The van der Waals surface area contributed by atoms with Gasteiger partial charge in [0.1, 0.15) is 5.82 Å². The fourth-order valence-corrected chi connectivity index (χ4v) is 2.61. The summed E-state index contributed by atoms with van der Waals surface area (Å²) in [5.41, 5.74) is 1.51. The Hall–Kier alpha value is -2.27. The van der Waals surface area contributed by atoms with Crippen LogP contribution in [0.4, 0.5) is 0 Å². The lowest BCUT2D eigenvalue weighted by molar-refractivity contribution is 0.704. The van der Waals surface area contributed by atoms with Crippen molar-refractivity contribution >= 4 is 33.0 Å². The van der Waals surface area contributed by atoms with E-state index >= 15 is 0 Å². The van der Waals surface area contributed by atoms with E-state index in [4.69, 9.17) is 0 Å². The van der Waals surface area contributed by atoms with Crippen LogP contribution >= 0.6 is 15.9 Å². The van der Waals surface area contributed by atoms with E-state index in [1.807, 2.05) is 42.5 Å². The van der Waals surface area contributed by atoms with Crippen LogP contribution in [0.1, 0.15) is 24.7 Å². The average molecular weight is 370 g/mol. The Kier molecular flexibility index (Phi) is 4.67. The first kappa shape index (κ1) is 15.6. The van der Waals surface area contributed by atoms with Gasteiger partial charge in [0.15, 0.2) is 0 Å². The van der Waals surface area contributed by atoms with Crippen LogP contribution in [0.5, 0.6) is 0 Å². The molecule has 0 aliphatic heterocycles. The number of fused-ring (bicyclic) bond motifs is 1. The SMILES string of the molecule is CCCc1nc2ccccc2c(=O)n1/N=C\c1ccc(Br)cc1. The highest BCUT2D eigenvalue weighted by Crippen LogP contribution is 2.11. The van der Waals surface area contributed by atoms with Crippen molar-refractivity contribution in [2.45, 2.75) is 19.8 Å². The minimum Gasteiger partial charge on any atom is -0.267 e. The van der Waals surface area contributed by atoms with Crippen LogP contribution in [0.25, 0.3) is 10.9 Å². The molecule has 0 amide bonds. The Balaban J connectivity index is 2.11. The van der Waals surface area contributed by atoms with E-state index in [9.17, 15) is 4.79 Å². The Morgan fingerprint density at radius 1 is 1.17 bits per heavy atom. The standard InChI is InChI=1S/C18H16BrN3O/c1-2-5-17-21-16-7-4-3-6-15(16)18(23)22(17)20-12-13-8-10-14(19)11-9-13/h3-4,6-12H,2,5H2,1H3/b20-12-. The van der Waals surface area contributed by atoms with Crippen LogP contribution in [0.2, 0.25) is 0 Å². The highest BCUT2D eigenvalue weighted by atomic mass is 79.9. The minimum atomic E-state index is -0.132. The molecule has 1 aromatic heterocycles. The zero-order chi connectivity index (χ0) is 16.2. The topological polar surface area (TPSA) is 47.2 Å². The van der Waals surface area contributed by atoms with Crippen LogP contribution in [-0.2, 0) is 6.42 Å². The lowest BCUT2D eigenvalue weighted by Crippen LogP contribution is -2.22. The zero-order valence-electron chi connectivity index (χ0n) is 12.7. The molecular weight excluding hydrogens is 354 g/mol. The second kappa shape index (κ2) is 6.87. The van der Waals surface area contributed by atoms with Gasteiger partial charge in [0.2, 0.25) is 0 Å². The maximum Gasteiger partial charge on any atom is 0.282 e. The highest BCUT2D eigenvalue weighted by Gasteiger charge is 2.09. The third-order valence-electron chi connectivity index (χ3n) is 3.49. The second-order valence-electron chi connectivity index (χ2n) is 5.21. The molecule has 0 aliphatic rings. The largest absolute Gasteiger partial charge is 0.282 e. The molecular formula is C18H16BrN3O. The van der Waals surface area contributed by atoms with Gasteiger partial charge in [-0.15, -0.1) is 0 Å². The van der Waals surface area contributed by atoms with Crippen LogP contribution in [0.3, 0.4) is 0 Å². The number of aromatic nitrogens is 2. The van der Waals surface area contributed by atoms with E-state index in [1.165, 1.54) is 4.68 Å². The minimum absolute atomic E-state index is 0.132. The summed E-state index contributed by atoms with van der Waals surface area (Å²) in [6, 6.07) is 15.1. The lowest BCUT2D eigenvalue weighted by Gasteiger charge is -2.08. The van der Waals surface area contributed by atoms with Gasteiger partial charge in [-0.3, -0.25) is 4.79 Å². The summed E-state index contributed by atoms with van der Waals surface area (Å²) in [4.78, 5) is 17.3. The Labute approximate surface area is 142 Å². The molecule has 0 atom stereocenters. The van der Waals surface area contributed by atoms with Gasteiger partial charge < -0.3 is 0 Å². The molecule has 116 valence electrons. The van der Waals surface area contributed by atoms with E-state index in [0.717, 1.165) is 22.0 Å². The predicted molar refractivity (Wildman–Crippen MR) is 97.1 cm³/mol. The molecule has 0 N–H and O–H groups in total. The van der Waals surface area contributed by atoms with Crippen LogP contribution in [-0.4, -0.2) is 15.9 Å². The molecule has 0 unspecified atom stereocenters. The molecule has 5 heteroatoms. The molecule has 0 saturated carbocycles. The molecule has 0 fully saturated rings. The van der Waals surface area contributed by atoms with Gasteiger partial charge >= 0.3 is 0 Å². The van der Waals surface area contributed by atoms with E-state index in [0.29, 0.717) is 17.6 Å². The predicted octanol–water partition coefficient (Wildman–Crippen LogP) is 3.99. The van der Waals surface area contributed by atoms with Gasteiger partial charge in [-0.2, -0.15) is 9.78 Å². The number of benzene rings is 2. The number of rotatable bonds is 4. The Morgan fingerprint density at radius 2 is 1.91 bits per heavy atom. The highest BCUT2D eigenvalue weighted by molar-refractivity contribution is 9.10. The molecule has 2 aromatic carbocycles. The van der Waals surface area contributed by atoms with Crippen LogP contribution in [0.15, 0.2) is 62.9 Å². The first-order valence-electron chi connectivity index (χ1n) is 7.49. The average Bonchev–Trinajstić information content (AvgIpc) is 2.56. The van der Waals surface area contributed by atoms with Crippen molar-refractivity contribution < 1.29 is 0 Å². The van der Waals surface area contributed by atoms with Gasteiger partial charge in [-0.25, -0.2) is 4.98 Å². The van der Waals surface area contributed by atoms with Crippen LogP contribution in [0, 0.1) is 0 Å². The van der Waals surface area contributed by atoms with Gasteiger partial charge in [-0.1, -0.05) is 47.1 Å².